The number of carbonyl (C=O) groups excluding carboxylic acids is 1. The van der Waals surface area contributed by atoms with Gasteiger partial charge < -0.3 is 10.6 Å². The van der Waals surface area contributed by atoms with E-state index in [4.69, 9.17) is 0 Å². The zero-order chi connectivity index (χ0) is 19.8. The second-order valence-electron chi connectivity index (χ2n) is 7.99. The number of nitrogens with one attached hydrogen (secondary N) is 2. The highest BCUT2D eigenvalue weighted by Gasteiger charge is 2.35. The highest BCUT2D eigenvalue weighted by molar-refractivity contribution is 6.01. The van der Waals surface area contributed by atoms with Gasteiger partial charge >= 0.3 is 0 Å². The van der Waals surface area contributed by atoms with Gasteiger partial charge in [-0.15, -0.1) is 0 Å². The van der Waals surface area contributed by atoms with E-state index >= 15 is 0 Å². The molecule has 2 atom stereocenters. The number of hydrogen-bond donors (Lipinski definition) is 2. The van der Waals surface area contributed by atoms with Crippen molar-refractivity contribution in [3.63, 3.8) is 0 Å². The molecule has 2 aliphatic rings. The first-order chi connectivity index (χ1) is 14.2. The van der Waals surface area contributed by atoms with Gasteiger partial charge in [0.15, 0.2) is 5.78 Å². The van der Waals surface area contributed by atoms with Crippen LogP contribution in [0.3, 0.4) is 0 Å². The van der Waals surface area contributed by atoms with Crippen LogP contribution in [0.4, 0.5) is 11.4 Å². The third-order valence-corrected chi connectivity index (χ3v) is 5.99. The van der Waals surface area contributed by atoms with Crippen LogP contribution in [0.15, 0.2) is 90.1 Å². The van der Waals surface area contributed by atoms with E-state index < -0.39 is 0 Å². The van der Waals surface area contributed by atoms with E-state index in [1.54, 1.807) is 0 Å². The SMILES string of the molecule is Cc1ccc([C@@H]2CC(=O)C3=C(C2)Nc2ccccc2N[C@H]3c2ccccc2)cc1. The Morgan fingerprint density at radius 2 is 1.45 bits per heavy atom. The molecule has 2 N–H and O–H groups in total. The van der Waals surface area contributed by atoms with Gasteiger partial charge in [0.05, 0.1) is 17.4 Å². The number of rotatable bonds is 2. The Morgan fingerprint density at radius 1 is 0.759 bits per heavy atom. The number of anilines is 2. The van der Waals surface area contributed by atoms with Crippen LogP contribution in [0.1, 0.15) is 41.5 Å². The van der Waals surface area contributed by atoms with Gasteiger partial charge in [-0.05, 0) is 42.5 Å². The smallest absolute Gasteiger partial charge is 0.163 e. The van der Waals surface area contributed by atoms with Crippen molar-refractivity contribution in [2.24, 2.45) is 0 Å². The molecule has 0 radical (unpaired) electrons. The normalized spacial score (nSPS) is 20.8. The zero-order valence-electron chi connectivity index (χ0n) is 16.5. The molecule has 0 bridgehead atoms. The van der Waals surface area contributed by atoms with Gasteiger partial charge in [-0.1, -0.05) is 72.3 Å². The number of para-hydroxylation sites is 2. The summed E-state index contributed by atoms with van der Waals surface area (Å²) in [5.41, 5.74) is 7.55. The van der Waals surface area contributed by atoms with Crippen molar-refractivity contribution in [1.29, 1.82) is 0 Å². The van der Waals surface area contributed by atoms with Crippen LogP contribution >= 0.6 is 0 Å². The molecular weight excluding hydrogens is 356 g/mol. The highest BCUT2D eigenvalue weighted by atomic mass is 16.1. The standard InChI is InChI=1S/C26H24N2O/c1-17-11-13-18(14-12-17)20-15-23-25(24(29)16-20)26(19-7-3-2-4-8-19)28-22-10-6-5-9-21(22)27-23/h2-14,20,26-28H,15-16H2,1H3/t20-,26-/m0/s1. The maximum atomic E-state index is 13.4. The topological polar surface area (TPSA) is 41.1 Å². The summed E-state index contributed by atoms with van der Waals surface area (Å²) in [6.45, 7) is 2.09. The van der Waals surface area contributed by atoms with Crippen LogP contribution in [0, 0.1) is 6.92 Å². The molecule has 1 heterocycles. The molecule has 0 spiro atoms. The molecule has 0 amide bonds. The van der Waals surface area contributed by atoms with Crippen LogP contribution in [-0.2, 0) is 4.79 Å². The van der Waals surface area contributed by atoms with Crippen LogP contribution in [0.5, 0.6) is 0 Å². The molecule has 3 nitrogen and oxygen atoms in total. The van der Waals surface area contributed by atoms with Crippen molar-refractivity contribution in [3.8, 4) is 0 Å². The van der Waals surface area contributed by atoms with Gasteiger partial charge in [-0.25, -0.2) is 0 Å². The molecule has 0 saturated carbocycles. The quantitative estimate of drug-likeness (QED) is 0.575. The third-order valence-electron chi connectivity index (χ3n) is 5.99. The lowest BCUT2D eigenvalue weighted by molar-refractivity contribution is -0.116. The van der Waals surface area contributed by atoms with E-state index in [2.05, 4.69) is 66.1 Å². The van der Waals surface area contributed by atoms with Gasteiger partial charge in [-0.2, -0.15) is 0 Å². The number of ketones is 1. The number of benzene rings is 3. The summed E-state index contributed by atoms with van der Waals surface area (Å²) in [5, 5.41) is 7.23. The fourth-order valence-electron chi connectivity index (χ4n) is 4.46. The molecule has 1 aliphatic heterocycles. The summed E-state index contributed by atoms with van der Waals surface area (Å²) >= 11 is 0. The molecule has 29 heavy (non-hydrogen) atoms. The van der Waals surface area contributed by atoms with Gasteiger partial charge in [0.2, 0.25) is 0 Å². The first kappa shape index (κ1) is 17.7. The molecule has 1 aliphatic carbocycles. The van der Waals surface area contributed by atoms with E-state index in [0.29, 0.717) is 6.42 Å². The number of Topliss-reactive ketones (excluding diaryl/α,β-unsaturated/α-hetero) is 1. The largest absolute Gasteiger partial charge is 0.372 e. The summed E-state index contributed by atoms with van der Waals surface area (Å²) < 4.78 is 0. The van der Waals surface area contributed by atoms with Gasteiger partial charge in [0.25, 0.3) is 0 Å². The van der Waals surface area contributed by atoms with Crippen molar-refractivity contribution in [2.45, 2.75) is 31.7 Å². The van der Waals surface area contributed by atoms with Gasteiger partial charge in [0, 0.05) is 17.7 Å². The summed E-state index contributed by atoms with van der Waals surface area (Å²) in [6.07, 6.45) is 1.38. The summed E-state index contributed by atoms with van der Waals surface area (Å²) in [5.74, 6) is 0.425. The first-order valence-electron chi connectivity index (χ1n) is 10.2. The molecule has 3 aromatic rings. The first-order valence-corrected chi connectivity index (χ1v) is 10.2. The molecular formula is C26H24N2O. The Labute approximate surface area is 171 Å². The molecule has 5 rings (SSSR count). The molecule has 3 aromatic carbocycles. The second kappa shape index (κ2) is 7.25. The molecule has 0 aromatic heterocycles. The van der Waals surface area contributed by atoms with Crippen LogP contribution in [0.25, 0.3) is 0 Å². The molecule has 0 fully saturated rings. The van der Waals surface area contributed by atoms with Crippen LogP contribution < -0.4 is 10.6 Å². The Morgan fingerprint density at radius 3 is 2.21 bits per heavy atom. The second-order valence-corrected chi connectivity index (χ2v) is 7.99. The Kier molecular flexibility index (Phi) is 4.44. The molecule has 0 unspecified atom stereocenters. The maximum absolute atomic E-state index is 13.4. The van der Waals surface area contributed by atoms with Crippen LogP contribution in [0.2, 0.25) is 0 Å². The fraction of sp³-hybridized carbons (Fsp3) is 0.192. The van der Waals surface area contributed by atoms with E-state index in [-0.39, 0.29) is 17.7 Å². The Balaban J connectivity index is 1.60. The predicted molar refractivity (Wildman–Crippen MR) is 118 cm³/mol. The van der Waals surface area contributed by atoms with E-state index in [1.807, 2.05) is 30.3 Å². The summed E-state index contributed by atoms with van der Waals surface area (Å²) in [7, 11) is 0. The van der Waals surface area contributed by atoms with Crippen molar-refractivity contribution in [3.05, 3.63) is 107 Å². The number of allylic oxidation sites excluding steroid dienone is 1. The van der Waals surface area contributed by atoms with Crippen LogP contribution in [-0.4, -0.2) is 5.78 Å². The predicted octanol–water partition coefficient (Wildman–Crippen LogP) is 5.97. The fourth-order valence-corrected chi connectivity index (χ4v) is 4.46. The lowest BCUT2D eigenvalue weighted by Gasteiger charge is -2.30. The van der Waals surface area contributed by atoms with Crippen molar-refractivity contribution in [1.82, 2.24) is 0 Å². The zero-order valence-corrected chi connectivity index (χ0v) is 16.5. The third kappa shape index (κ3) is 3.33. The minimum absolute atomic E-state index is 0.145. The minimum Gasteiger partial charge on any atom is -0.372 e. The number of fused-ring (bicyclic) bond motifs is 1. The lowest BCUT2D eigenvalue weighted by atomic mass is 9.78. The summed E-state index contributed by atoms with van der Waals surface area (Å²) in [6, 6.07) is 26.9. The molecule has 0 saturated heterocycles. The van der Waals surface area contributed by atoms with E-state index in [1.165, 1.54) is 11.1 Å². The Bertz CT molecular complexity index is 1080. The molecule has 144 valence electrons. The van der Waals surface area contributed by atoms with Gasteiger partial charge in [0.1, 0.15) is 0 Å². The minimum atomic E-state index is -0.145. The lowest BCUT2D eigenvalue weighted by Crippen LogP contribution is -2.26. The maximum Gasteiger partial charge on any atom is 0.163 e. The van der Waals surface area contributed by atoms with Crippen molar-refractivity contribution in [2.75, 3.05) is 10.6 Å². The number of hydrogen-bond acceptors (Lipinski definition) is 3. The van der Waals surface area contributed by atoms with Crippen molar-refractivity contribution >= 4 is 17.2 Å². The average molecular weight is 380 g/mol. The number of aryl methyl sites for hydroxylation is 1. The Hall–Kier alpha value is -3.33. The van der Waals surface area contributed by atoms with Crippen molar-refractivity contribution < 1.29 is 4.79 Å². The monoisotopic (exact) mass is 380 g/mol. The van der Waals surface area contributed by atoms with E-state index in [9.17, 15) is 4.79 Å². The summed E-state index contributed by atoms with van der Waals surface area (Å²) in [4.78, 5) is 13.4. The van der Waals surface area contributed by atoms with E-state index in [0.717, 1.165) is 34.6 Å². The van der Waals surface area contributed by atoms with Gasteiger partial charge in [-0.3, -0.25) is 4.79 Å². The molecule has 3 heteroatoms. The average Bonchev–Trinajstić information content (AvgIpc) is 2.92. The highest BCUT2D eigenvalue weighted by Crippen LogP contribution is 2.44. The number of carbonyl (C=O) groups is 1.